The number of rotatable bonds is 4. The van der Waals surface area contributed by atoms with Gasteiger partial charge in [-0.1, -0.05) is 13.8 Å². The van der Waals surface area contributed by atoms with Gasteiger partial charge in [-0.2, -0.15) is 0 Å². The Labute approximate surface area is 123 Å². The van der Waals surface area contributed by atoms with Gasteiger partial charge in [-0.15, -0.1) is 0 Å². The average molecular weight is 316 g/mol. The van der Waals surface area contributed by atoms with Crippen LogP contribution in [0, 0.1) is 18.3 Å². The van der Waals surface area contributed by atoms with Crippen LogP contribution in [0.2, 0.25) is 0 Å². The summed E-state index contributed by atoms with van der Waals surface area (Å²) in [5.41, 5.74) is 1.39. The maximum atomic E-state index is 12.1. The Kier molecular flexibility index (Phi) is 3.86. The third kappa shape index (κ3) is 3.33. The van der Waals surface area contributed by atoms with Crippen LogP contribution in [0.3, 0.4) is 0 Å². The quantitative estimate of drug-likeness (QED) is 0.869. The summed E-state index contributed by atoms with van der Waals surface area (Å²) >= 11 is 0. The van der Waals surface area contributed by atoms with E-state index in [0.29, 0.717) is 29.0 Å². The van der Waals surface area contributed by atoms with Crippen LogP contribution in [-0.2, 0) is 9.05 Å². The molecule has 1 aromatic rings. The van der Waals surface area contributed by atoms with E-state index in [1.807, 2.05) is 0 Å². The van der Waals surface area contributed by atoms with Gasteiger partial charge < -0.3 is 5.32 Å². The number of hydrogen-bond donors (Lipinski definition) is 1. The minimum Gasteiger partial charge on any atom is -0.352 e. The van der Waals surface area contributed by atoms with E-state index in [0.717, 1.165) is 6.42 Å². The molecular formula is C14H18ClNO3S. The van der Waals surface area contributed by atoms with Crippen LogP contribution in [0.5, 0.6) is 0 Å². The van der Waals surface area contributed by atoms with Crippen molar-refractivity contribution in [3.05, 3.63) is 29.3 Å². The molecular weight excluding hydrogens is 298 g/mol. The molecule has 1 aromatic carbocycles. The van der Waals surface area contributed by atoms with Crippen molar-refractivity contribution in [3.8, 4) is 0 Å². The molecule has 2 rings (SSSR count). The van der Waals surface area contributed by atoms with Crippen molar-refractivity contribution in [1.82, 2.24) is 5.32 Å². The van der Waals surface area contributed by atoms with Crippen molar-refractivity contribution in [3.63, 3.8) is 0 Å². The molecule has 0 heterocycles. The number of nitrogens with one attached hydrogen (secondary N) is 1. The first-order chi connectivity index (χ1) is 9.11. The van der Waals surface area contributed by atoms with Crippen LogP contribution in [-0.4, -0.2) is 20.9 Å². The Morgan fingerprint density at radius 1 is 1.45 bits per heavy atom. The molecule has 1 N–H and O–H groups in total. The Bertz CT molecular complexity index is 652. The number of carbonyl (C=O) groups excluding carboxylic acids is 1. The lowest BCUT2D eigenvalue weighted by molar-refractivity contribution is 0.0950. The fourth-order valence-electron chi connectivity index (χ4n) is 2.28. The van der Waals surface area contributed by atoms with E-state index < -0.39 is 9.05 Å². The van der Waals surface area contributed by atoms with Gasteiger partial charge in [0.1, 0.15) is 0 Å². The molecule has 1 saturated carbocycles. The number of amides is 1. The van der Waals surface area contributed by atoms with Crippen molar-refractivity contribution >= 4 is 25.6 Å². The van der Waals surface area contributed by atoms with Gasteiger partial charge in [0.2, 0.25) is 0 Å². The van der Waals surface area contributed by atoms with E-state index in [-0.39, 0.29) is 10.8 Å². The summed E-state index contributed by atoms with van der Waals surface area (Å²) in [7, 11) is 1.52. The Balaban J connectivity index is 2.07. The zero-order valence-corrected chi connectivity index (χ0v) is 13.3. The normalized spacial score (nSPS) is 20.5. The van der Waals surface area contributed by atoms with Crippen molar-refractivity contribution in [2.24, 2.45) is 11.3 Å². The number of halogens is 1. The third-order valence-electron chi connectivity index (χ3n) is 3.95. The first-order valence-corrected chi connectivity index (χ1v) is 8.76. The minimum absolute atomic E-state index is 0.0107. The lowest BCUT2D eigenvalue weighted by Gasteiger charge is -2.09. The van der Waals surface area contributed by atoms with Gasteiger partial charge in [0.05, 0.1) is 4.90 Å². The summed E-state index contributed by atoms with van der Waals surface area (Å²) in [5, 5.41) is 2.89. The second-order valence-corrected chi connectivity index (χ2v) is 8.58. The maximum absolute atomic E-state index is 12.1. The Hall–Kier alpha value is -1.07. The van der Waals surface area contributed by atoms with Gasteiger partial charge in [0, 0.05) is 22.8 Å². The molecule has 1 fully saturated rings. The average Bonchev–Trinajstić information content (AvgIpc) is 2.92. The van der Waals surface area contributed by atoms with Crippen molar-refractivity contribution in [1.29, 1.82) is 0 Å². The lowest BCUT2D eigenvalue weighted by Crippen LogP contribution is -2.27. The molecule has 1 unspecified atom stereocenters. The summed E-state index contributed by atoms with van der Waals surface area (Å²) in [6.45, 7) is 6.70. The smallest absolute Gasteiger partial charge is 0.261 e. The van der Waals surface area contributed by atoms with Gasteiger partial charge in [0.15, 0.2) is 0 Å². The van der Waals surface area contributed by atoms with Crippen molar-refractivity contribution in [2.45, 2.75) is 32.1 Å². The molecule has 110 valence electrons. The molecule has 1 atom stereocenters. The van der Waals surface area contributed by atoms with Gasteiger partial charge in [0.25, 0.3) is 15.0 Å². The molecule has 1 aliphatic carbocycles. The van der Waals surface area contributed by atoms with E-state index in [1.54, 1.807) is 6.92 Å². The lowest BCUT2D eigenvalue weighted by atomic mass is 10.1. The third-order valence-corrected chi connectivity index (χ3v) is 5.30. The largest absolute Gasteiger partial charge is 0.352 e. The molecule has 0 radical (unpaired) electrons. The van der Waals surface area contributed by atoms with Crippen LogP contribution in [0.25, 0.3) is 0 Å². The topological polar surface area (TPSA) is 63.2 Å². The Morgan fingerprint density at radius 2 is 2.05 bits per heavy atom. The second kappa shape index (κ2) is 5.04. The van der Waals surface area contributed by atoms with E-state index in [2.05, 4.69) is 19.2 Å². The molecule has 1 amide bonds. The van der Waals surface area contributed by atoms with E-state index >= 15 is 0 Å². The zero-order chi connectivity index (χ0) is 15.1. The first-order valence-electron chi connectivity index (χ1n) is 6.45. The summed E-state index contributed by atoms with van der Waals surface area (Å²) in [4.78, 5) is 12.1. The molecule has 1 aliphatic rings. The predicted octanol–water partition coefficient (Wildman–Crippen LogP) is 2.70. The molecule has 0 aliphatic heterocycles. The van der Waals surface area contributed by atoms with Crippen LogP contribution >= 0.6 is 10.7 Å². The zero-order valence-electron chi connectivity index (χ0n) is 11.7. The highest BCUT2D eigenvalue weighted by Gasteiger charge is 2.45. The van der Waals surface area contributed by atoms with Crippen LogP contribution in [0.4, 0.5) is 0 Å². The standard InChI is InChI=1S/C14H18ClNO3S/c1-9-6-11(20(15,18)19)4-5-12(9)13(17)16-8-10-7-14(10,2)3/h4-6,10H,7-8H2,1-3H3,(H,16,17). The van der Waals surface area contributed by atoms with E-state index in [1.165, 1.54) is 18.2 Å². The van der Waals surface area contributed by atoms with Crippen LogP contribution in [0.1, 0.15) is 36.2 Å². The highest BCUT2D eigenvalue weighted by Crippen LogP contribution is 2.50. The molecule has 0 saturated heterocycles. The summed E-state index contributed by atoms with van der Waals surface area (Å²) in [6.07, 6.45) is 1.12. The van der Waals surface area contributed by atoms with Gasteiger partial charge in [-0.05, 0) is 48.4 Å². The van der Waals surface area contributed by atoms with Crippen LogP contribution in [0.15, 0.2) is 23.1 Å². The van der Waals surface area contributed by atoms with Crippen molar-refractivity contribution < 1.29 is 13.2 Å². The summed E-state index contributed by atoms with van der Waals surface area (Å²) in [6, 6.07) is 4.27. The Morgan fingerprint density at radius 3 is 2.50 bits per heavy atom. The van der Waals surface area contributed by atoms with E-state index in [9.17, 15) is 13.2 Å². The summed E-state index contributed by atoms with van der Waals surface area (Å²) < 4.78 is 22.5. The monoisotopic (exact) mass is 315 g/mol. The molecule has 0 bridgehead atoms. The number of aryl methyl sites for hydroxylation is 1. The van der Waals surface area contributed by atoms with E-state index in [4.69, 9.17) is 10.7 Å². The summed E-state index contributed by atoms with van der Waals surface area (Å²) in [5.74, 6) is 0.345. The maximum Gasteiger partial charge on any atom is 0.261 e. The van der Waals surface area contributed by atoms with Gasteiger partial charge in [-0.3, -0.25) is 4.79 Å². The molecule has 0 aromatic heterocycles. The SMILES string of the molecule is Cc1cc(S(=O)(=O)Cl)ccc1C(=O)NCC1CC1(C)C. The van der Waals surface area contributed by atoms with Crippen molar-refractivity contribution in [2.75, 3.05) is 6.54 Å². The molecule has 4 nitrogen and oxygen atoms in total. The molecule has 20 heavy (non-hydrogen) atoms. The number of benzene rings is 1. The number of carbonyl (C=O) groups is 1. The minimum atomic E-state index is -3.76. The van der Waals surface area contributed by atoms with Gasteiger partial charge in [-0.25, -0.2) is 8.42 Å². The number of hydrogen-bond acceptors (Lipinski definition) is 3. The highest BCUT2D eigenvalue weighted by atomic mass is 35.7. The predicted molar refractivity (Wildman–Crippen MR) is 78.4 cm³/mol. The van der Waals surface area contributed by atoms with Gasteiger partial charge >= 0.3 is 0 Å². The highest BCUT2D eigenvalue weighted by molar-refractivity contribution is 8.13. The van der Waals surface area contributed by atoms with Crippen LogP contribution < -0.4 is 5.32 Å². The first kappa shape index (κ1) is 15.3. The molecule has 0 spiro atoms. The fourth-order valence-corrected chi connectivity index (χ4v) is 3.11. The molecule has 6 heteroatoms. The fraction of sp³-hybridized carbons (Fsp3) is 0.500. The second-order valence-electron chi connectivity index (χ2n) is 6.01.